The Hall–Kier alpha value is -3.14. The first kappa shape index (κ1) is 23.5. The predicted octanol–water partition coefficient (Wildman–Crippen LogP) is 3.29. The number of carbonyl (C=O) groups is 2. The largest absolute Gasteiger partial charge is 0.450 e. The Balaban J connectivity index is 1.70. The van der Waals surface area contributed by atoms with Crippen molar-refractivity contribution < 1.29 is 27.1 Å². The zero-order chi connectivity index (χ0) is 23.3. The van der Waals surface area contributed by atoms with Crippen molar-refractivity contribution in [2.75, 3.05) is 24.4 Å². The Labute approximate surface area is 186 Å². The average Bonchev–Trinajstić information content (AvgIpc) is 2.76. The molecule has 3 rings (SSSR count). The first-order valence-electron chi connectivity index (χ1n) is 10.3. The molecule has 0 spiro atoms. The zero-order valence-electron chi connectivity index (χ0n) is 17.9. The summed E-state index contributed by atoms with van der Waals surface area (Å²) in [6.07, 6.45) is 0.765. The fourth-order valence-corrected chi connectivity index (χ4v) is 4.54. The third-order valence-corrected chi connectivity index (χ3v) is 6.60. The fraction of sp³-hybridized carbons (Fsp3) is 0.364. The number of aryl methyl sites for hydroxylation is 1. The number of hydrogen-bond acceptors (Lipinski definition) is 5. The zero-order valence-corrected chi connectivity index (χ0v) is 18.7. The van der Waals surface area contributed by atoms with Crippen molar-refractivity contribution in [3.05, 3.63) is 59.4 Å². The topological polar surface area (TPSA) is 105 Å². The molecule has 1 heterocycles. The molecule has 1 aliphatic heterocycles. The maximum Gasteiger partial charge on any atom is 0.409 e. The van der Waals surface area contributed by atoms with Gasteiger partial charge in [0.2, 0.25) is 0 Å². The maximum atomic E-state index is 13.9. The lowest BCUT2D eigenvalue weighted by Gasteiger charge is -2.31. The van der Waals surface area contributed by atoms with Gasteiger partial charge >= 0.3 is 6.09 Å². The number of anilines is 1. The van der Waals surface area contributed by atoms with E-state index in [0.29, 0.717) is 38.1 Å². The SMILES string of the molecule is CCOC(=O)N1CCC(NC(=O)c2cc(S(=O)(=O)Nc3ccccc3F)ccc2C)CC1. The summed E-state index contributed by atoms with van der Waals surface area (Å²) in [7, 11) is -4.09. The van der Waals surface area contributed by atoms with Crippen molar-refractivity contribution in [3.63, 3.8) is 0 Å². The number of carbonyl (C=O) groups excluding carboxylic acids is 2. The van der Waals surface area contributed by atoms with E-state index in [1.54, 1.807) is 18.7 Å². The Kier molecular flexibility index (Phi) is 7.34. The van der Waals surface area contributed by atoms with Crippen molar-refractivity contribution in [3.8, 4) is 0 Å². The van der Waals surface area contributed by atoms with Crippen LogP contribution in [0.3, 0.4) is 0 Å². The highest BCUT2D eigenvalue weighted by atomic mass is 32.2. The van der Waals surface area contributed by atoms with E-state index >= 15 is 0 Å². The minimum Gasteiger partial charge on any atom is -0.450 e. The highest BCUT2D eigenvalue weighted by Crippen LogP contribution is 2.22. The van der Waals surface area contributed by atoms with E-state index in [1.807, 2.05) is 0 Å². The number of nitrogens with zero attached hydrogens (tertiary/aromatic N) is 1. The van der Waals surface area contributed by atoms with E-state index in [9.17, 15) is 22.4 Å². The van der Waals surface area contributed by atoms with Crippen LogP contribution in [0, 0.1) is 12.7 Å². The summed E-state index contributed by atoms with van der Waals surface area (Å²) in [5.74, 6) is -1.10. The van der Waals surface area contributed by atoms with Gasteiger partial charge < -0.3 is 15.0 Å². The van der Waals surface area contributed by atoms with Gasteiger partial charge in [-0.15, -0.1) is 0 Å². The molecule has 0 aromatic heterocycles. The van der Waals surface area contributed by atoms with Crippen molar-refractivity contribution in [1.82, 2.24) is 10.2 Å². The van der Waals surface area contributed by atoms with Gasteiger partial charge in [-0.1, -0.05) is 18.2 Å². The molecule has 2 N–H and O–H groups in total. The second kappa shape index (κ2) is 9.99. The number of piperidine rings is 1. The molecule has 32 heavy (non-hydrogen) atoms. The Morgan fingerprint density at radius 2 is 1.84 bits per heavy atom. The second-order valence-corrected chi connectivity index (χ2v) is 9.18. The summed E-state index contributed by atoms with van der Waals surface area (Å²) in [6.45, 7) is 4.68. The molecular formula is C22H26FN3O5S. The van der Waals surface area contributed by atoms with Crippen LogP contribution >= 0.6 is 0 Å². The van der Waals surface area contributed by atoms with Crippen LogP contribution in [-0.2, 0) is 14.8 Å². The lowest BCUT2D eigenvalue weighted by molar-refractivity contribution is 0.0859. The Morgan fingerprint density at radius 1 is 1.16 bits per heavy atom. The van der Waals surface area contributed by atoms with Gasteiger partial charge in [0.15, 0.2) is 0 Å². The van der Waals surface area contributed by atoms with Crippen LogP contribution in [0.25, 0.3) is 0 Å². The molecule has 2 aromatic carbocycles. The fourth-order valence-electron chi connectivity index (χ4n) is 3.44. The molecule has 0 aliphatic carbocycles. The molecule has 1 aliphatic rings. The van der Waals surface area contributed by atoms with Gasteiger partial charge in [-0.05, 0) is 56.5 Å². The Morgan fingerprint density at radius 3 is 2.50 bits per heavy atom. The number of ether oxygens (including phenoxy) is 1. The number of sulfonamides is 1. The Bertz CT molecular complexity index is 1100. The van der Waals surface area contributed by atoms with Crippen molar-refractivity contribution in [2.24, 2.45) is 0 Å². The van der Waals surface area contributed by atoms with Crippen LogP contribution in [0.15, 0.2) is 47.4 Å². The van der Waals surface area contributed by atoms with E-state index in [1.165, 1.54) is 36.4 Å². The average molecular weight is 464 g/mol. The molecule has 0 bridgehead atoms. The van der Waals surface area contributed by atoms with Crippen LogP contribution in [0.5, 0.6) is 0 Å². The molecule has 172 valence electrons. The smallest absolute Gasteiger partial charge is 0.409 e. The van der Waals surface area contributed by atoms with Gasteiger partial charge in [0, 0.05) is 24.7 Å². The monoisotopic (exact) mass is 463 g/mol. The summed E-state index contributed by atoms with van der Waals surface area (Å²) in [5.41, 5.74) is 0.651. The van der Waals surface area contributed by atoms with Crippen LogP contribution in [-0.4, -0.2) is 51.1 Å². The van der Waals surface area contributed by atoms with Gasteiger partial charge in [0.05, 0.1) is 17.2 Å². The molecule has 2 amide bonds. The minimum absolute atomic E-state index is 0.145. The van der Waals surface area contributed by atoms with Crippen LogP contribution in [0.4, 0.5) is 14.9 Å². The highest BCUT2D eigenvalue weighted by Gasteiger charge is 2.26. The number of halogens is 1. The van der Waals surface area contributed by atoms with Crippen LogP contribution in [0.2, 0.25) is 0 Å². The first-order chi connectivity index (χ1) is 15.2. The predicted molar refractivity (Wildman–Crippen MR) is 117 cm³/mol. The number of nitrogens with one attached hydrogen (secondary N) is 2. The lowest BCUT2D eigenvalue weighted by Crippen LogP contribution is -2.46. The number of rotatable bonds is 6. The molecule has 8 nitrogen and oxygen atoms in total. The summed E-state index contributed by atoms with van der Waals surface area (Å²) in [4.78, 5) is 26.1. The third-order valence-electron chi connectivity index (χ3n) is 5.24. The number of benzene rings is 2. The van der Waals surface area contributed by atoms with E-state index in [0.717, 1.165) is 6.07 Å². The standard InChI is InChI=1S/C22H26FN3O5S/c1-3-31-22(28)26-12-10-16(11-13-26)24-21(27)18-14-17(9-8-15(18)2)32(29,30)25-20-7-5-4-6-19(20)23/h4-9,14,16,25H,3,10-13H2,1-2H3,(H,24,27). The molecule has 1 saturated heterocycles. The number of likely N-dealkylation sites (tertiary alicyclic amines) is 1. The molecule has 0 atom stereocenters. The first-order valence-corrected chi connectivity index (χ1v) is 11.8. The minimum atomic E-state index is -4.09. The second-order valence-electron chi connectivity index (χ2n) is 7.50. The number of amides is 2. The molecule has 0 radical (unpaired) electrons. The molecule has 0 saturated carbocycles. The molecule has 1 fully saturated rings. The van der Waals surface area contributed by atoms with Crippen molar-refractivity contribution in [2.45, 2.75) is 37.6 Å². The van der Waals surface area contributed by atoms with Gasteiger partial charge in [-0.3, -0.25) is 9.52 Å². The summed E-state index contributed by atoms with van der Waals surface area (Å²) >= 11 is 0. The molecule has 0 unspecified atom stereocenters. The van der Waals surface area contributed by atoms with Crippen LogP contribution < -0.4 is 10.0 Å². The van der Waals surface area contributed by atoms with E-state index < -0.39 is 21.7 Å². The van der Waals surface area contributed by atoms with Gasteiger partial charge in [-0.25, -0.2) is 17.6 Å². The number of para-hydroxylation sites is 1. The van der Waals surface area contributed by atoms with Gasteiger partial charge in [-0.2, -0.15) is 0 Å². The quantitative estimate of drug-likeness (QED) is 0.684. The molecule has 10 heteroatoms. The normalized spacial score (nSPS) is 14.7. The van der Waals surface area contributed by atoms with Crippen LogP contribution in [0.1, 0.15) is 35.7 Å². The molecular weight excluding hydrogens is 437 g/mol. The third kappa shape index (κ3) is 5.56. The summed E-state index contributed by atoms with van der Waals surface area (Å²) in [6, 6.07) is 9.48. The summed E-state index contributed by atoms with van der Waals surface area (Å²) < 4.78 is 46.5. The van der Waals surface area contributed by atoms with E-state index in [-0.39, 0.29) is 28.3 Å². The van der Waals surface area contributed by atoms with E-state index in [4.69, 9.17) is 4.74 Å². The van der Waals surface area contributed by atoms with Gasteiger partial charge in [0.1, 0.15) is 5.82 Å². The summed E-state index contributed by atoms with van der Waals surface area (Å²) in [5, 5.41) is 2.91. The highest BCUT2D eigenvalue weighted by molar-refractivity contribution is 7.92. The van der Waals surface area contributed by atoms with Crippen molar-refractivity contribution in [1.29, 1.82) is 0 Å². The number of hydrogen-bond donors (Lipinski definition) is 2. The van der Waals surface area contributed by atoms with Crippen molar-refractivity contribution >= 4 is 27.7 Å². The molecule has 2 aromatic rings. The maximum absolute atomic E-state index is 13.9. The van der Waals surface area contributed by atoms with E-state index in [2.05, 4.69) is 10.0 Å². The lowest BCUT2D eigenvalue weighted by atomic mass is 10.0. The van der Waals surface area contributed by atoms with Gasteiger partial charge in [0.25, 0.3) is 15.9 Å².